The molecule has 1 saturated heterocycles. The van der Waals surface area contributed by atoms with Crippen LogP contribution in [0, 0.1) is 6.92 Å². The molecule has 2 N–H and O–H groups in total. The summed E-state index contributed by atoms with van der Waals surface area (Å²) < 4.78 is 30.6. The second-order valence-corrected chi connectivity index (χ2v) is 8.23. The van der Waals surface area contributed by atoms with E-state index in [2.05, 4.69) is 15.6 Å². The number of aryl methyl sites for hydroxylation is 1. The number of guanidine groups is 1. The first-order valence-corrected chi connectivity index (χ1v) is 10.2. The summed E-state index contributed by atoms with van der Waals surface area (Å²) in [7, 11) is 0.199. The van der Waals surface area contributed by atoms with Crippen molar-refractivity contribution in [1.29, 1.82) is 0 Å². The van der Waals surface area contributed by atoms with Crippen molar-refractivity contribution >= 4 is 16.0 Å². The van der Waals surface area contributed by atoms with Crippen molar-refractivity contribution in [1.82, 2.24) is 14.9 Å². The Hall–Kier alpha value is -1.80. The molecule has 0 unspecified atom stereocenters. The number of nitrogens with zero attached hydrogens (tertiary/aromatic N) is 2. The smallest absolute Gasteiger partial charge is 0.211 e. The molecule has 1 heterocycles. The summed E-state index contributed by atoms with van der Waals surface area (Å²) in [6, 6.07) is 6.03. The van der Waals surface area contributed by atoms with Gasteiger partial charge in [0.2, 0.25) is 10.0 Å². The number of aliphatic imine (C=N–C) groups is 1. The van der Waals surface area contributed by atoms with Crippen molar-refractivity contribution < 1.29 is 13.2 Å². The number of hydrogen-bond donors (Lipinski definition) is 2. The van der Waals surface area contributed by atoms with Crippen LogP contribution in [0.2, 0.25) is 0 Å². The van der Waals surface area contributed by atoms with Gasteiger partial charge in [0.15, 0.2) is 5.96 Å². The molecule has 1 aromatic rings. The maximum atomic E-state index is 11.8. The summed E-state index contributed by atoms with van der Waals surface area (Å²) in [5.41, 5.74) is 2.18. The number of sulfonamides is 1. The largest absolute Gasteiger partial charge is 0.496 e. The van der Waals surface area contributed by atoms with Gasteiger partial charge >= 0.3 is 0 Å². The SMILES string of the molecule is CN=C(NCc1ccc(C)cc1OC)NC[C@H]1CCCN1S(C)(=O)=O. The van der Waals surface area contributed by atoms with Gasteiger partial charge in [0.05, 0.1) is 13.4 Å². The minimum Gasteiger partial charge on any atom is -0.496 e. The van der Waals surface area contributed by atoms with Crippen LogP contribution in [0.1, 0.15) is 24.0 Å². The first-order valence-electron chi connectivity index (χ1n) is 8.40. The van der Waals surface area contributed by atoms with Crippen LogP contribution in [0.25, 0.3) is 0 Å². The fourth-order valence-electron chi connectivity index (χ4n) is 3.06. The summed E-state index contributed by atoms with van der Waals surface area (Å²) in [5, 5.41) is 6.47. The monoisotopic (exact) mass is 368 g/mol. The number of rotatable bonds is 6. The van der Waals surface area contributed by atoms with Crippen LogP contribution in [0.15, 0.2) is 23.2 Å². The Labute approximate surface area is 150 Å². The van der Waals surface area contributed by atoms with E-state index in [4.69, 9.17) is 4.74 Å². The highest BCUT2D eigenvalue weighted by atomic mass is 32.2. The molecule has 25 heavy (non-hydrogen) atoms. The average Bonchev–Trinajstić information content (AvgIpc) is 3.04. The molecule has 0 amide bonds. The number of ether oxygens (including phenoxy) is 1. The second-order valence-electron chi connectivity index (χ2n) is 6.29. The van der Waals surface area contributed by atoms with Gasteiger partial charge in [-0.15, -0.1) is 0 Å². The Morgan fingerprint density at radius 1 is 1.40 bits per heavy atom. The molecule has 0 aromatic heterocycles. The third-order valence-corrected chi connectivity index (χ3v) is 5.70. The zero-order valence-electron chi connectivity index (χ0n) is 15.4. The highest BCUT2D eigenvalue weighted by Crippen LogP contribution is 2.20. The predicted molar refractivity (Wildman–Crippen MR) is 101 cm³/mol. The quantitative estimate of drug-likeness (QED) is 0.580. The van der Waals surface area contributed by atoms with Gasteiger partial charge in [-0.3, -0.25) is 4.99 Å². The molecule has 1 aliphatic rings. The number of nitrogens with one attached hydrogen (secondary N) is 2. The van der Waals surface area contributed by atoms with Crippen LogP contribution < -0.4 is 15.4 Å². The molecule has 0 spiro atoms. The molecule has 1 aliphatic heterocycles. The molecular weight excluding hydrogens is 340 g/mol. The zero-order valence-corrected chi connectivity index (χ0v) is 16.2. The van der Waals surface area contributed by atoms with E-state index < -0.39 is 10.0 Å². The molecule has 1 atom stereocenters. The Morgan fingerprint density at radius 3 is 2.80 bits per heavy atom. The summed E-state index contributed by atoms with van der Waals surface area (Å²) in [4.78, 5) is 4.21. The van der Waals surface area contributed by atoms with E-state index in [-0.39, 0.29) is 6.04 Å². The predicted octanol–water partition coefficient (Wildman–Crippen LogP) is 1.09. The van der Waals surface area contributed by atoms with Crippen molar-refractivity contribution in [3.05, 3.63) is 29.3 Å². The van der Waals surface area contributed by atoms with E-state index in [1.165, 1.54) is 6.26 Å². The maximum Gasteiger partial charge on any atom is 0.211 e. The van der Waals surface area contributed by atoms with E-state index in [1.54, 1.807) is 18.5 Å². The lowest BCUT2D eigenvalue weighted by Crippen LogP contribution is -2.46. The number of benzene rings is 1. The third kappa shape index (κ3) is 5.34. The van der Waals surface area contributed by atoms with Crippen molar-refractivity contribution in [2.24, 2.45) is 4.99 Å². The van der Waals surface area contributed by atoms with Gasteiger partial charge in [-0.25, -0.2) is 8.42 Å². The summed E-state index contributed by atoms with van der Waals surface area (Å²) in [6.07, 6.45) is 3.02. The fourth-order valence-corrected chi connectivity index (χ4v) is 4.24. The summed E-state index contributed by atoms with van der Waals surface area (Å²) >= 11 is 0. The topological polar surface area (TPSA) is 83.0 Å². The first-order chi connectivity index (χ1) is 11.8. The molecule has 2 rings (SSSR count). The second kappa shape index (κ2) is 8.53. The van der Waals surface area contributed by atoms with Gasteiger partial charge in [-0.1, -0.05) is 12.1 Å². The molecular formula is C17H28N4O3S. The molecule has 140 valence electrons. The minimum absolute atomic E-state index is 0.0255. The van der Waals surface area contributed by atoms with Gasteiger partial charge in [-0.05, 0) is 31.4 Å². The van der Waals surface area contributed by atoms with Crippen LogP contribution >= 0.6 is 0 Å². The highest BCUT2D eigenvalue weighted by molar-refractivity contribution is 7.88. The molecule has 0 aliphatic carbocycles. The number of methoxy groups -OCH3 is 1. The van der Waals surface area contributed by atoms with E-state index in [0.717, 1.165) is 29.7 Å². The zero-order chi connectivity index (χ0) is 18.4. The van der Waals surface area contributed by atoms with Crippen LogP contribution in [0.3, 0.4) is 0 Å². The molecule has 0 bridgehead atoms. The first kappa shape index (κ1) is 19.5. The lowest BCUT2D eigenvalue weighted by atomic mass is 10.1. The Kier molecular flexibility index (Phi) is 6.66. The average molecular weight is 369 g/mol. The van der Waals surface area contributed by atoms with E-state index in [0.29, 0.717) is 25.6 Å². The van der Waals surface area contributed by atoms with Crippen molar-refractivity contribution in [2.45, 2.75) is 32.4 Å². The fraction of sp³-hybridized carbons (Fsp3) is 0.588. The Bertz CT molecular complexity index is 719. The maximum absolute atomic E-state index is 11.8. The lowest BCUT2D eigenvalue weighted by molar-refractivity contribution is 0.387. The van der Waals surface area contributed by atoms with Gasteiger partial charge in [0.25, 0.3) is 0 Å². The van der Waals surface area contributed by atoms with Crippen molar-refractivity contribution in [2.75, 3.05) is 33.5 Å². The molecule has 1 aromatic carbocycles. The molecule has 8 heteroatoms. The summed E-state index contributed by atoms with van der Waals surface area (Å²) in [6.45, 7) is 3.73. The Morgan fingerprint density at radius 2 is 2.16 bits per heavy atom. The lowest BCUT2D eigenvalue weighted by Gasteiger charge is -2.23. The molecule has 7 nitrogen and oxygen atoms in total. The van der Waals surface area contributed by atoms with Crippen LogP contribution in [-0.2, 0) is 16.6 Å². The van der Waals surface area contributed by atoms with Crippen molar-refractivity contribution in [3.8, 4) is 5.75 Å². The van der Waals surface area contributed by atoms with Crippen molar-refractivity contribution in [3.63, 3.8) is 0 Å². The molecule has 0 radical (unpaired) electrons. The van der Waals surface area contributed by atoms with Crippen LogP contribution in [0.5, 0.6) is 5.75 Å². The van der Waals surface area contributed by atoms with Crippen LogP contribution in [0.4, 0.5) is 0 Å². The van der Waals surface area contributed by atoms with Gasteiger partial charge in [0, 0.05) is 38.3 Å². The van der Waals surface area contributed by atoms with Gasteiger partial charge in [0.1, 0.15) is 5.75 Å². The van der Waals surface area contributed by atoms with Gasteiger partial charge < -0.3 is 15.4 Å². The Balaban J connectivity index is 1.91. The summed E-state index contributed by atoms with van der Waals surface area (Å²) in [5.74, 6) is 1.48. The molecule has 0 saturated carbocycles. The van der Waals surface area contributed by atoms with E-state index >= 15 is 0 Å². The molecule has 1 fully saturated rings. The van der Waals surface area contributed by atoms with E-state index in [9.17, 15) is 8.42 Å². The van der Waals surface area contributed by atoms with E-state index in [1.807, 2.05) is 25.1 Å². The van der Waals surface area contributed by atoms with Gasteiger partial charge in [-0.2, -0.15) is 4.31 Å². The third-order valence-electron chi connectivity index (χ3n) is 4.37. The standard InChI is InChI=1S/C17H28N4O3S/c1-13-7-8-14(16(10-13)24-3)11-19-17(18-2)20-12-15-6-5-9-21(15)25(4,22)23/h7-8,10,15H,5-6,9,11-12H2,1-4H3,(H2,18,19,20)/t15-/m1/s1. The number of hydrogen-bond acceptors (Lipinski definition) is 4. The highest BCUT2D eigenvalue weighted by Gasteiger charge is 2.31. The minimum atomic E-state index is -3.16. The van der Waals surface area contributed by atoms with Crippen LogP contribution in [-0.4, -0.2) is 58.2 Å². The normalized spacial score (nSPS) is 19.0.